The van der Waals surface area contributed by atoms with Gasteiger partial charge in [0.25, 0.3) is 0 Å². The Balaban J connectivity index is 2.38. The van der Waals surface area contributed by atoms with Gasteiger partial charge in [-0.1, -0.05) is 43.8 Å². The van der Waals surface area contributed by atoms with E-state index in [1.807, 2.05) is 0 Å². The minimum Gasteiger partial charge on any atom is -0.252 e. The molecule has 2 nitrogen and oxygen atoms in total. The van der Waals surface area contributed by atoms with E-state index in [1.54, 1.807) is 6.07 Å². The van der Waals surface area contributed by atoms with Crippen LogP contribution in [0.15, 0.2) is 36.7 Å². The fourth-order valence-corrected chi connectivity index (χ4v) is 2.24. The molecule has 1 heterocycles. The van der Waals surface area contributed by atoms with Crippen LogP contribution in [-0.4, -0.2) is 18.0 Å². The Morgan fingerprint density at radius 2 is 1.68 bits per heavy atom. The van der Waals surface area contributed by atoms with Crippen LogP contribution in [0.1, 0.15) is 11.3 Å². The molecule has 1 aromatic heterocycles. The molecule has 2 aromatic rings. The van der Waals surface area contributed by atoms with E-state index in [0.717, 1.165) is 6.07 Å². The van der Waals surface area contributed by atoms with Gasteiger partial charge in [-0.3, -0.25) is 4.98 Å². The number of hydrogen-bond acceptors (Lipinski definition) is 2. The zero-order chi connectivity index (χ0) is 16.4. The highest BCUT2D eigenvalue weighted by atomic mass is 28.3. The lowest BCUT2D eigenvalue weighted by atomic mass is 10.0. The van der Waals surface area contributed by atoms with Crippen LogP contribution < -0.4 is 0 Å². The summed E-state index contributed by atoms with van der Waals surface area (Å²) in [6.07, 6.45) is -1.68. The van der Waals surface area contributed by atoms with E-state index in [-0.39, 0.29) is 11.3 Å². The first-order valence-corrected chi connectivity index (χ1v) is 10.2. The molecule has 0 aliphatic heterocycles. The molecule has 0 amide bonds. The van der Waals surface area contributed by atoms with Gasteiger partial charge in [-0.2, -0.15) is 13.2 Å². The number of aromatic nitrogens is 2. The summed E-state index contributed by atoms with van der Waals surface area (Å²) in [5.74, 6) is 2.92. The van der Waals surface area contributed by atoms with Crippen molar-refractivity contribution in [1.29, 1.82) is 0 Å². The number of hydrogen-bond donors (Lipinski definition) is 0. The van der Waals surface area contributed by atoms with Gasteiger partial charge in [0.15, 0.2) is 0 Å². The molecule has 0 bridgehead atoms. The number of nitrogens with zero attached hydrogens (tertiary/aromatic N) is 2. The average molecular weight is 320 g/mol. The molecule has 0 aliphatic carbocycles. The van der Waals surface area contributed by atoms with Gasteiger partial charge in [0.1, 0.15) is 13.8 Å². The van der Waals surface area contributed by atoms with Crippen molar-refractivity contribution in [2.75, 3.05) is 0 Å². The van der Waals surface area contributed by atoms with E-state index in [9.17, 15) is 13.2 Å². The first-order valence-electron chi connectivity index (χ1n) is 6.69. The van der Waals surface area contributed by atoms with E-state index in [1.165, 1.54) is 24.5 Å². The van der Waals surface area contributed by atoms with Crippen molar-refractivity contribution in [3.8, 4) is 22.7 Å². The van der Waals surface area contributed by atoms with Gasteiger partial charge >= 0.3 is 6.18 Å². The summed E-state index contributed by atoms with van der Waals surface area (Å²) in [5, 5.41) is 0. The van der Waals surface area contributed by atoms with Crippen LogP contribution in [0, 0.1) is 11.5 Å². The first kappa shape index (κ1) is 16.2. The van der Waals surface area contributed by atoms with E-state index >= 15 is 0 Å². The predicted molar refractivity (Wildman–Crippen MR) is 82.7 cm³/mol. The summed E-state index contributed by atoms with van der Waals surface area (Å²) in [4.78, 5) is 8.17. The predicted octanol–water partition coefficient (Wildman–Crippen LogP) is 4.39. The molecular formula is C16H15F3N2Si. The van der Waals surface area contributed by atoms with E-state index < -0.39 is 19.8 Å². The Bertz CT molecular complexity index is 720. The van der Waals surface area contributed by atoms with Gasteiger partial charge in [0.2, 0.25) is 0 Å². The molecule has 0 fully saturated rings. The lowest BCUT2D eigenvalue weighted by molar-refractivity contribution is -0.137. The quantitative estimate of drug-likeness (QED) is 0.575. The SMILES string of the molecule is C[Si](C)(C)C#Cc1cnc(-c2ccccc2C(F)(F)F)cn1. The van der Waals surface area contributed by atoms with Crippen LogP contribution in [0.2, 0.25) is 19.6 Å². The van der Waals surface area contributed by atoms with Crippen LogP contribution in [0.5, 0.6) is 0 Å². The molecule has 114 valence electrons. The Morgan fingerprint density at radius 1 is 1.00 bits per heavy atom. The van der Waals surface area contributed by atoms with E-state index in [2.05, 4.69) is 41.1 Å². The van der Waals surface area contributed by atoms with E-state index in [0.29, 0.717) is 5.69 Å². The third-order valence-electron chi connectivity index (χ3n) is 2.73. The number of halogens is 3. The lowest BCUT2D eigenvalue weighted by Crippen LogP contribution is -2.16. The van der Waals surface area contributed by atoms with Crippen LogP contribution in [-0.2, 0) is 6.18 Å². The van der Waals surface area contributed by atoms with Crippen LogP contribution >= 0.6 is 0 Å². The molecule has 0 spiro atoms. The van der Waals surface area contributed by atoms with Crippen molar-refractivity contribution in [2.45, 2.75) is 25.8 Å². The average Bonchev–Trinajstić information content (AvgIpc) is 2.44. The normalized spacial score (nSPS) is 11.7. The molecule has 0 radical (unpaired) electrons. The van der Waals surface area contributed by atoms with Gasteiger partial charge in [-0.05, 0) is 6.07 Å². The van der Waals surface area contributed by atoms with Gasteiger partial charge in [0, 0.05) is 5.56 Å². The van der Waals surface area contributed by atoms with Crippen molar-refractivity contribution in [2.24, 2.45) is 0 Å². The summed E-state index contributed by atoms with van der Waals surface area (Å²) in [6, 6.07) is 5.33. The zero-order valence-corrected chi connectivity index (χ0v) is 13.5. The second kappa shape index (κ2) is 5.93. The largest absolute Gasteiger partial charge is 0.417 e. The Labute approximate surface area is 128 Å². The highest BCUT2D eigenvalue weighted by molar-refractivity contribution is 6.83. The summed E-state index contributed by atoms with van der Waals surface area (Å²) >= 11 is 0. The first-order chi connectivity index (χ1) is 10.2. The van der Waals surface area contributed by atoms with Crippen molar-refractivity contribution >= 4 is 8.07 Å². The monoisotopic (exact) mass is 320 g/mol. The maximum Gasteiger partial charge on any atom is 0.417 e. The maximum absolute atomic E-state index is 13.0. The lowest BCUT2D eigenvalue weighted by Gasteiger charge is -2.11. The summed E-state index contributed by atoms with van der Waals surface area (Å²) in [6.45, 7) is 6.30. The smallest absolute Gasteiger partial charge is 0.252 e. The molecule has 0 saturated heterocycles. The van der Waals surface area contributed by atoms with Crippen molar-refractivity contribution in [3.63, 3.8) is 0 Å². The summed E-state index contributed by atoms with van der Waals surface area (Å²) in [5.41, 5.74) is 3.10. The van der Waals surface area contributed by atoms with Crippen molar-refractivity contribution in [1.82, 2.24) is 9.97 Å². The summed E-state index contributed by atoms with van der Waals surface area (Å²) < 4.78 is 39.0. The topological polar surface area (TPSA) is 25.8 Å². The van der Waals surface area contributed by atoms with Crippen LogP contribution in [0.4, 0.5) is 13.2 Å². The minimum absolute atomic E-state index is 0.0206. The molecular weight excluding hydrogens is 305 g/mol. The maximum atomic E-state index is 13.0. The van der Waals surface area contributed by atoms with Crippen molar-refractivity contribution in [3.05, 3.63) is 47.9 Å². The Hall–Kier alpha value is -2.13. The molecule has 22 heavy (non-hydrogen) atoms. The van der Waals surface area contributed by atoms with Gasteiger partial charge in [-0.25, -0.2) is 4.98 Å². The standard InChI is InChI=1S/C16H15F3N2Si/c1-22(2,3)9-8-12-10-21-15(11-20-12)13-6-4-5-7-14(13)16(17,18)19/h4-7,10-11H,1-3H3. The molecule has 1 aromatic carbocycles. The van der Waals surface area contributed by atoms with Crippen molar-refractivity contribution < 1.29 is 13.2 Å². The van der Waals surface area contributed by atoms with Gasteiger partial charge in [0.05, 0.1) is 23.7 Å². The molecule has 0 atom stereocenters. The third kappa shape index (κ3) is 4.18. The summed E-state index contributed by atoms with van der Waals surface area (Å²) in [7, 11) is -1.53. The highest BCUT2D eigenvalue weighted by Crippen LogP contribution is 2.35. The number of rotatable bonds is 1. The fourth-order valence-electron chi connectivity index (χ4n) is 1.74. The highest BCUT2D eigenvalue weighted by Gasteiger charge is 2.33. The Kier molecular flexibility index (Phi) is 4.38. The minimum atomic E-state index is -4.42. The second-order valence-corrected chi connectivity index (χ2v) is 10.6. The second-order valence-electron chi connectivity index (χ2n) is 5.83. The third-order valence-corrected chi connectivity index (χ3v) is 3.60. The molecule has 0 aliphatic rings. The van der Waals surface area contributed by atoms with Gasteiger partial charge < -0.3 is 0 Å². The zero-order valence-electron chi connectivity index (χ0n) is 12.5. The fraction of sp³-hybridized carbons (Fsp3) is 0.250. The molecule has 0 N–H and O–H groups in total. The number of benzene rings is 1. The molecule has 2 rings (SSSR count). The molecule has 0 saturated carbocycles. The van der Waals surface area contributed by atoms with E-state index in [4.69, 9.17) is 0 Å². The molecule has 0 unspecified atom stereocenters. The van der Waals surface area contributed by atoms with Crippen LogP contribution in [0.3, 0.4) is 0 Å². The van der Waals surface area contributed by atoms with Crippen LogP contribution in [0.25, 0.3) is 11.3 Å². The van der Waals surface area contributed by atoms with Gasteiger partial charge in [-0.15, -0.1) is 5.54 Å². The Morgan fingerprint density at radius 3 is 2.23 bits per heavy atom. The number of alkyl halides is 3. The molecule has 6 heteroatoms.